The minimum Gasteiger partial charge on any atom is -0.408 e. The van der Waals surface area contributed by atoms with Crippen LogP contribution in [0.4, 0.5) is 5.69 Å². The van der Waals surface area contributed by atoms with Crippen LogP contribution in [0.25, 0.3) is 11.1 Å². The van der Waals surface area contributed by atoms with Crippen LogP contribution >= 0.6 is 0 Å². The van der Waals surface area contributed by atoms with Crippen LogP contribution in [0.15, 0.2) is 21.3 Å². The second kappa shape index (κ2) is 3.85. The number of carbonyl (C=O) groups is 1. The van der Waals surface area contributed by atoms with Crippen molar-refractivity contribution in [2.24, 2.45) is 0 Å². The van der Waals surface area contributed by atoms with Crippen molar-refractivity contribution in [3.8, 4) is 0 Å². The number of benzene rings is 1. The molecule has 0 saturated heterocycles. The molecular weight excluding hydrogens is 228 g/mol. The van der Waals surface area contributed by atoms with Gasteiger partial charge in [0.1, 0.15) is 5.78 Å². The molecule has 1 aromatic heterocycles. The van der Waals surface area contributed by atoms with Gasteiger partial charge in [-0.3, -0.25) is 19.9 Å². The number of nitrogens with one attached hydrogen (secondary N) is 1. The summed E-state index contributed by atoms with van der Waals surface area (Å²) < 4.78 is 4.75. The van der Waals surface area contributed by atoms with Gasteiger partial charge in [0.15, 0.2) is 5.58 Å². The first kappa shape index (κ1) is 11.1. The highest BCUT2D eigenvalue weighted by atomic mass is 16.6. The monoisotopic (exact) mass is 236 g/mol. The summed E-state index contributed by atoms with van der Waals surface area (Å²) in [5.41, 5.74) is 0.584. The molecule has 1 N–H and O–H groups in total. The number of non-ortho nitro benzene ring substituents is 1. The molecule has 0 saturated carbocycles. The highest BCUT2D eigenvalue weighted by Crippen LogP contribution is 2.23. The first-order chi connectivity index (χ1) is 7.97. The van der Waals surface area contributed by atoms with Crippen molar-refractivity contribution in [1.29, 1.82) is 0 Å². The highest BCUT2D eigenvalue weighted by molar-refractivity contribution is 5.86. The number of ketones is 1. The number of hydrogen-bond acceptors (Lipinski definition) is 5. The molecule has 0 atom stereocenters. The van der Waals surface area contributed by atoms with E-state index in [1.807, 2.05) is 0 Å². The molecule has 2 aromatic rings. The summed E-state index contributed by atoms with van der Waals surface area (Å²) in [6.45, 7) is 1.36. The SMILES string of the molecule is CC(=O)Cc1cc([N+](=O)[O-])cc2oc(=O)[nH]c12. The van der Waals surface area contributed by atoms with Crippen LogP contribution in [-0.2, 0) is 11.2 Å². The van der Waals surface area contributed by atoms with E-state index in [0.717, 1.165) is 6.07 Å². The Morgan fingerprint density at radius 2 is 2.24 bits per heavy atom. The zero-order valence-electron chi connectivity index (χ0n) is 8.85. The second-order valence-corrected chi connectivity index (χ2v) is 3.63. The number of aromatic amines is 1. The zero-order valence-corrected chi connectivity index (χ0v) is 8.85. The van der Waals surface area contributed by atoms with Gasteiger partial charge in [0.05, 0.1) is 16.5 Å². The largest absolute Gasteiger partial charge is 0.417 e. The first-order valence-corrected chi connectivity index (χ1v) is 4.77. The van der Waals surface area contributed by atoms with Crippen molar-refractivity contribution < 1.29 is 14.1 Å². The van der Waals surface area contributed by atoms with Gasteiger partial charge in [-0.2, -0.15) is 0 Å². The maximum Gasteiger partial charge on any atom is 0.417 e. The third-order valence-corrected chi connectivity index (χ3v) is 2.25. The number of oxazole rings is 1. The molecule has 7 nitrogen and oxygen atoms in total. The number of carbonyl (C=O) groups excluding carboxylic acids is 1. The predicted molar refractivity (Wildman–Crippen MR) is 57.9 cm³/mol. The van der Waals surface area contributed by atoms with Crippen LogP contribution in [0.1, 0.15) is 12.5 Å². The molecule has 88 valence electrons. The lowest BCUT2D eigenvalue weighted by Crippen LogP contribution is -2.00. The molecule has 0 bridgehead atoms. The molecule has 1 aromatic carbocycles. The van der Waals surface area contributed by atoms with Gasteiger partial charge in [0.25, 0.3) is 5.69 Å². The number of rotatable bonds is 3. The lowest BCUT2D eigenvalue weighted by molar-refractivity contribution is -0.384. The van der Waals surface area contributed by atoms with E-state index in [1.165, 1.54) is 13.0 Å². The number of nitro groups is 1. The van der Waals surface area contributed by atoms with Gasteiger partial charge in [-0.15, -0.1) is 0 Å². The minimum atomic E-state index is -0.703. The molecule has 7 heteroatoms. The second-order valence-electron chi connectivity index (χ2n) is 3.63. The molecule has 1 heterocycles. The summed E-state index contributed by atoms with van der Waals surface area (Å²) >= 11 is 0. The van der Waals surface area contributed by atoms with Gasteiger partial charge >= 0.3 is 5.76 Å². The number of nitro benzene ring substituents is 1. The Bertz CT molecular complexity index is 667. The topological polar surface area (TPSA) is 106 Å². The Morgan fingerprint density at radius 1 is 1.53 bits per heavy atom. The van der Waals surface area contributed by atoms with Crippen molar-refractivity contribution in [2.75, 3.05) is 0 Å². The van der Waals surface area contributed by atoms with Crippen molar-refractivity contribution >= 4 is 22.6 Å². The van der Waals surface area contributed by atoms with Gasteiger partial charge in [-0.1, -0.05) is 0 Å². The lowest BCUT2D eigenvalue weighted by atomic mass is 10.1. The van der Waals surface area contributed by atoms with Crippen molar-refractivity contribution in [2.45, 2.75) is 13.3 Å². The average Bonchev–Trinajstić information content (AvgIpc) is 2.57. The number of fused-ring (bicyclic) bond motifs is 1. The predicted octanol–water partition coefficient (Wildman–Crippen LogP) is 1.16. The minimum absolute atomic E-state index is 0.00759. The van der Waals surface area contributed by atoms with Crippen molar-refractivity contribution in [1.82, 2.24) is 4.98 Å². The Labute approximate surface area is 94.2 Å². The maximum atomic E-state index is 11.1. The molecular formula is C10H8N2O5. The lowest BCUT2D eigenvalue weighted by Gasteiger charge is -1.99. The van der Waals surface area contributed by atoms with Crippen LogP contribution in [0, 0.1) is 10.1 Å². The standard InChI is InChI=1S/C10H8N2O5/c1-5(13)2-6-3-7(12(15)16)4-8-9(6)11-10(14)17-8/h3-4H,2H2,1H3,(H,11,14). The molecule has 0 aliphatic rings. The van der Waals surface area contributed by atoms with Gasteiger partial charge < -0.3 is 4.42 Å². The fourth-order valence-electron chi connectivity index (χ4n) is 1.62. The smallest absolute Gasteiger partial charge is 0.408 e. The summed E-state index contributed by atoms with van der Waals surface area (Å²) in [6, 6.07) is 2.41. The van der Waals surface area contributed by atoms with E-state index in [0.29, 0.717) is 11.1 Å². The quantitative estimate of drug-likeness (QED) is 0.635. The van der Waals surface area contributed by atoms with Crippen molar-refractivity contribution in [3.63, 3.8) is 0 Å². The van der Waals surface area contributed by atoms with Gasteiger partial charge in [0, 0.05) is 12.5 Å². The molecule has 0 aliphatic heterocycles. The average molecular weight is 236 g/mol. The summed E-state index contributed by atoms with van der Waals surface area (Å²) in [5.74, 6) is -0.862. The van der Waals surface area contributed by atoms with Crippen LogP contribution in [-0.4, -0.2) is 15.7 Å². The Hall–Kier alpha value is -2.44. The summed E-state index contributed by atoms with van der Waals surface area (Å²) in [4.78, 5) is 34.6. The van der Waals surface area contributed by atoms with E-state index in [4.69, 9.17) is 4.42 Å². The molecule has 0 aliphatic carbocycles. The van der Waals surface area contributed by atoms with Crippen LogP contribution in [0.5, 0.6) is 0 Å². The van der Waals surface area contributed by atoms with Crippen LogP contribution < -0.4 is 5.76 Å². The molecule has 0 radical (unpaired) electrons. The molecule has 0 amide bonds. The molecule has 17 heavy (non-hydrogen) atoms. The third kappa shape index (κ3) is 2.07. The molecule has 2 rings (SSSR count). The van der Waals surface area contributed by atoms with E-state index in [9.17, 15) is 19.7 Å². The van der Waals surface area contributed by atoms with Gasteiger partial charge in [0.2, 0.25) is 0 Å². The Kier molecular flexibility index (Phi) is 2.51. The molecule has 0 fully saturated rings. The van der Waals surface area contributed by atoms with Crippen LogP contribution in [0.3, 0.4) is 0 Å². The normalized spacial score (nSPS) is 10.6. The molecule has 0 spiro atoms. The summed E-state index contributed by atoms with van der Waals surface area (Å²) in [7, 11) is 0. The Morgan fingerprint density at radius 3 is 2.82 bits per heavy atom. The fourth-order valence-corrected chi connectivity index (χ4v) is 1.62. The van der Waals surface area contributed by atoms with Gasteiger partial charge in [-0.05, 0) is 12.5 Å². The zero-order chi connectivity index (χ0) is 12.6. The first-order valence-electron chi connectivity index (χ1n) is 4.77. The van der Waals surface area contributed by atoms with Crippen molar-refractivity contribution in [3.05, 3.63) is 38.4 Å². The third-order valence-electron chi connectivity index (χ3n) is 2.25. The molecule has 0 unspecified atom stereocenters. The summed E-state index contributed by atoms with van der Waals surface area (Å²) in [5, 5.41) is 10.7. The van der Waals surface area contributed by atoms with E-state index in [-0.39, 0.29) is 23.5 Å². The maximum absolute atomic E-state index is 11.1. The number of nitrogens with zero attached hydrogens (tertiary/aromatic N) is 1. The number of Topliss-reactive ketones (excluding diaryl/α,β-unsaturated/α-hetero) is 1. The number of aromatic nitrogens is 1. The Balaban J connectivity index is 2.72. The fraction of sp³-hybridized carbons (Fsp3) is 0.200. The number of H-pyrrole nitrogens is 1. The van der Waals surface area contributed by atoms with E-state index in [2.05, 4.69) is 4.98 Å². The van der Waals surface area contributed by atoms with E-state index < -0.39 is 10.7 Å². The van der Waals surface area contributed by atoms with Gasteiger partial charge in [-0.25, -0.2) is 4.79 Å². The highest BCUT2D eigenvalue weighted by Gasteiger charge is 2.16. The van der Waals surface area contributed by atoms with Crippen LogP contribution in [0.2, 0.25) is 0 Å². The number of hydrogen-bond donors (Lipinski definition) is 1. The van der Waals surface area contributed by atoms with E-state index in [1.54, 1.807) is 0 Å². The van der Waals surface area contributed by atoms with E-state index >= 15 is 0 Å². The summed E-state index contributed by atoms with van der Waals surface area (Å²) in [6.07, 6.45) is 0.00759.